The van der Waals surface area contributed by atoms with Crippen molar-refractivity contribution in [3.05, 3.63) is 29.7 Å². The number of hydrogen-bond acceptors (Lipinski definition) is 9. The Morgan fingerprint density at radius 2 is 2.00 bits per heavy atom. The molecule has 2 aromatic heterocycles. The molecule has 0 spiro atoms. The van der Waals surface area contributed by atoms with Crippen LogP contribution in [0.4, 0.5) is 14.7 Å². The van der Waals surface area contributed by atoms with Crippen LogP contribution in [0.2, 0.25) is 0 Å². The Morgan fingerprint density at radius 1 is 1.26 bits per heavy atom. The van der Waals surface area contributed by atoms with Gasteiger partial charge in [0.2, 0.25) is 16.0 Å². The van der Waals surface area contributed by atoms with E-state index in [-0.39, 0.29) is 60.6 Å². The number of aromatic nitrogens is 4. The number of anilines is 1. The lowest BCUT2D eigenvalue weighted by atomic mass is 10.0. The number of β-amino-alcohol motifs (C(OH)–C–C–N with tert-alkyl or cyclic N) is 1. The highest BCUT2D eigenvalue weighted by atomic mass is 32.2. The largest absolute Gasteiger partial charge is 0.488 e. The lowest BCUT2D eigenvalue weighted by Crippen LogP contribution is -2.51. The number of nitrogens with one attached hydrogen (secondary N) is 1. The monoisotopic (exact) mass is 552 g/mol. The van der Waals surface area contributed by atoms with E-state index >= 15 is 8.78 Å². The molecule has 2 N–H and O–H groups in total. The molecule has 38 heavy (non-hydrogen) atoms. The number of halogens is 2. The third-order valence-electron chi connectivity index (χ3n) is 7.15. The average molecular weight is 553 g/mol. The number of hydrogen-bond donors (Lipinski definition) is 2. The summed E-state index contributed by atoms with van der Waals surface area (Å²) >= 11 is 0. The first kappa shape index (κ1) is 26.7. The topological polar surface area (TPSA) is 132 Å². The van der Waals surface area contributed by atoms with E-state index in [9.17, 15) is 13.5 Å². The Kier molecular flexibility index (Phi) is 6.57. The zero-order chi connectivity index (χ0) is 27.6. The summed E-state index contributed by atoms with van der Waals surface area (Å²) in [5.74, 6) is -0.689. The Bertz CT molecular complexity index is 1510. The number of rotatable bonds is 6. The van der Waals surface area contributed by atoms with Crippen LogP contribution in [-0.4, -0.2) is 82.6 Å². The van der Waals surface area contributed by atoms with Gasteiger partial charge in [0.05, 0.1) is 36.2 Å². The fraction of sp³-hybridized carbons (Fsp3) is 0.542. The summed E-state index contributed by atoms with van der Waals surface area (Å²) in [7, 11) is -1.90. The van der Waals surface area contributed by atoms with Gasteiger partial charge in [0.1, 0.15) is 34.8 Å². The van der Waals surface area contributed by atoms with Gasteiger partial charge in [0.15, 0.2) is 17.4 Å². The summed E-state index contributed by atoms with van der Waals surface area (Å²) in [4.78, 5) is 12.8. The van der Waals surface area contributed by atoms with Gasteiger partial charge in [-0.15, -0.1) is 0 Å². The Labute approximate surface area is 218 Å². The van der Waals surface area contributed by atoms with Gasteiger partial charge in [0.25, 0.3) is 0 Å². The van der Waals surface area contributed by atoms with Crippen molar-refractivity contribution in [3.63, 3.8) is 0 Å². The number of nitrogens with zero attached hydrogens (tertiary/aromatic N) is 5. The second-order valence-corrected chi connectivity index (χ2v) is 12.2. The summed E-state index contributed by atoms with van der Waals surface area (Å²) in [6, 6.07) is 0.392. The summed E-state index contributed by atoms with van der Waals surface area (Å²) in [5, 5.41) is 13.5. The maximum absolute atomic E-state index is 15.4. The quantitative estimate of drug-likeness (QED) is 0.473. The molecule has 1 saturated heterocycles. The van der Waals surface area contributed by atoms with Crippen LogP contribution in [0.3, 0.4) is 0 Å². The average Bonchev–Trinajstić information content (AvgIpc) is 3.28. The van der Waals surface area contributed by atoms with Gasteiger partial charge in [-0.1, -0.05) is 0 Å². The number of sulfonamides is 1. The smallest absolute Gasteiger partial charge is 0.223 e. The van der Waals surface area contributed by atoms with Gasteiger partial charge in [-0.25, -0.2) is 32.2 Å². The lowest BCUT2D eigenvalue weighted by Gasteiger charge is -2.34. The standard InChI is InChI=1S/C24H30F2N6O5S/c1-12-11-37-21-13(8-14(25)19-20(21)32(12)22(29-19)24(2,3)36-4)18-15(26)9-27-23(30-18)28-16-6-7-31(10-17(16)33)38(5,34)35/h8-9,12,16-17,33H,6-7,10-11H2,1-5H3,(H,27,28,30)/t12-,16-,17-/m1/s1. The third-order valence-corrected chi connectivity index (χ3v) is 8.42. The van der Waals surface area contributed by atoms with Gasteiger partial charge in [-0.05, 0) is 33.3 Å². The first-order chi connectivity index (χ1) is 17.8. The molecule has 3 aromatic rings. The van der Waals surface area contributed by atoms with E-state index in [2.05, 4.69) is 20.3 Å². The predicted molar refractivity (Wildman–Crippen MR) is 135 cm³/mol. The van der Waals surface area contributed by atoms with E-state index in [1.807, 2.05) is 25.3 Å². The molecule has 11 nitrogen and oxygen atoms in total. The minimum Gasteiger partial charge on any atom is -0.488 e. The summed E-state index contributed by atoms with van der Waals surface area (Å²) in [6.45, 7) is 5.92. The van der Waals surface area contributed by atoms with Gasteiger partial charge in [0, 0.05) is 20.2 Å². The van der Waals surface area contributed by atoms with E-state index in [0.717, 1.165) is 18.5 Å². The van der Waals surface area contributed by atoms with Crippen molar-refractivity contribution in [1.29, 1.82) is 0 Å². The molecule has 5 rings (SSSR count). The van der Waals surface area contributed by atoms with Crippen molar-refractivity contribution < 1.29 is 31.8 Å². The molecule has 0 unspecified atom stereocenters. The Morgan fingerprint density at radius 3 is 2.66 bits per heavy atom. The van der Waals surface area contributed by atoms with Crippen LogP contribution in [0, 0.1) is 11.6 Å². The highest BCUT2D eigenvalue weighted by Crippen LogP contribution is 2.44. The number of imidazole rings is 1. The van der Waals surface area contributed by atoms with Crippen LogP contribution in [-0.2, 0) is 20.4 Å². The fourth-order valence-electron chi connectivity index (χ4n) is 4.91. The number of methoxy groups -OCH3 is 1. The third kappa shape index (κ3) is 4.48. The zero-order valence-electron chi connectivity index (χ0n) is 21.7. The summed E-state index contributed by atoms with van der Waals surface area (Å²) < 4.78 is 68.8. The maximum atomic E-state index is 15.4. The molecular formula is C24H30F2N6O5S. The van der Waals surface area contributed by atoms with Crippen molar-refractivity contribution in [2.75, 3.05) is 38.4 Å². The highest BCUT2D eigenvalue weighted by molar-refractivity contribution is 7.88. The number of aliphatic hydroxyl groups excluding tert-OH is 1. The van der Waals surface area contributed by atoms with Crippen molar-refractivity contribution in [3.8, 4) is 17.0 Å². The second kappa shape index (κ2) is 9.36. The number of benzene rings is 1. The first-order valence-corrected chi connectivity index (χ1v) is 14.0. The van der Waals surface area contributed by atoms with E-state index in [1.165, 1.54) is 4.31 Å². The van der Waals surface area contributed by atoms with Gasteiger partial charge < -0.3 is 24.5 Å². The zero-order valence-corrected chi connectivity index (χ0v) is 22.5. The maximum Gasteiger partial charge on any atom is 0.223 e. The SMILES string of the molecule is COC(C)(C)c1nc2c(F)cc(-c3nc(N[C@@H]4CCN(S(C)(=O)=O)C[C@H]4O)ncc3F)c3c2n1[C@H](C)CO3. The molecule has 2 aliphatic heterocycles. The molecule has 14 heteroatoms. The van der Waals surface area contributed by atoms with Crippen LogP contribution in [0.25, 0.3) is 22.3 Å². The molecule has 4 heterocycles. The number of aliphatic hydroxyl groups is 1. The van der Waals surface area contributed by atoms with E-state index in [0.29, 0.717) is 11.3 Å². The Balaban J connectivity index is 1.56. The molecule has 3 atom stereocenters. The Hall–Kier alpha value is -2.94. The summed E-state index contributed by atoms with van der Waals surface area (Å²) in [6.07, 6.45) is 1.29. The molecule has 0 amide bonds. The molecule has 1 aromatic carbocycles. The van der Waals surface area contributed by atoms with Gasteiger partial charge >= 0.3 is 0 Å². The molecule has 0 bridgehead atoms. The fourth-order valence-corrected chi connectivity index (χ4v) is 5.77. The van der Waals surface area contributed by atoms with Crippen molar-refractivity contribution in [1.82, 2.24) is 23.8 Å². The van der Waals surface area contributed by atoms with Crippen LogP contribution in [0.5, 0.6) is 5.75 Å². The minimum atomic E-state index is -3.44. The van der Waals surface area contributed by atoms with Crippen LogP contribution >= 0.6 is 0 Å². The molecular weight excluding hydrogens is 522 g/mol. The minimum absolute atomic E-state index is 0.00449. The summed E-state index contributed by atoms with van der Waals surface area (Å²) in [5.41, 5.74) is -0.436. The van der Waals surface area contributed by atoms with Gasteiger partial charge in [-0.2, -0.15) is 4.31 Å². The van der Waals surface area contributed by atoms with E-state index in [1.54, 1.807) is 7.11 Å². The second-order valence-electron chi connectivity index (χ2n) is 10.2. The normalized spacial score (nSPS) is 22.5. The number of piperidine rings is 1. The molecule has 2 aliphatic rings. The van der Waals surface area contributed by atoms with Crippen molar-refractivity contribution in [2.24, 2.45) is 0 Å². The van der Waals surface area contributed by atoms with E-state index < -0.39 is 39.4 Å². The lowest BCUT2D eigenvalue weighted by molar-refractivity contribution is 0.00687. The van der Waals surface area contributed by atoms with Crippen LogP contribution in [0.15, 0.2) is 12.3 Å². The molecule has 0 radical (unpaired) electrons. The van der Waals surface area contributed by atoms with E-state index in [4.69, 9.17) is 9.47 Å². The first-order valence-electron chi connectivity index (χ1n) is 12.2. The molecule has 0 saturated carbocycles. The van der Waals surface area contributed by atoms with Crippen molar-refractivity contribution in [2.45, 2.75) is 51.0 Å². The molecule has 206 valence electrons. The van der Waals surface area contributed by atoms with Crippen LogP contribution < -0.4 is 10.1 Å². The van der Waals surface area contributed by atoms with Gasteiger partial charge in [-0.3, -0.25) is 0 Å². The molecule has 0 aliphatic carbocycles. The highest BCUT2D eigenvalue weighted by Gasteiger charge is 2.36. The number of ether oxygens (including phenoxy) is 2. The van der Waals surface area contributed by atoms with Crippen LogP contribution in [0.1, 0.15) is 39.1 Å². The molecule has 1 fully saturated rings. The van der Waals surface area contributed by atoms with Crippen molar-refractivity contribution >= 4 is 27.0 Å². The predicted octanol–water partition coefficient (Wildman–Crippen LogP) is 2.41.